The summed E-state index contributed by atoms with van der Waals surface area (Å²) in [6.07, 6.45) is 23.4. The SMILES string of the molecule is CCCCCCCCCCc1c(CCCCCCCCCCN)cc(C)c(NN=O)c1C. The van der Waals surface area contributed by atoms with Crippen molar-refractivity contribution in [3.8, 4) is 0 Å². The van der Waals surface area contributed by atoms with Gasteiger partial charge in [-0.25, -0.2) is 5.43 Å². The summed E-state index contributed by atoms with van der Waals surface area (Å²) in [5, 5.41) is 2.96. The molecule has 0 aliphatic rings. The summed E-state index contributed by atoms with van der Waals surface area (Å²) in [6.45, 7) is 7.35. The molecule has 0 bridgehead atoms. The first-order valence-corrected chi connectivity index (χ1v) is 13.6. The number of nitrogens with zero attached hydrogens (tertiary/aromatic N) is 1. The van der Waals surface area contributed by atoms with Crippen molar-refractivity contribution in [3.63, 3.8) is 0 Å². The molecule has 0 saturated carbocycles. The molecule has 0 heterocycles. The van der Waals surface area contributed by atoms with Gasteiger partial charge in [0.05, 0.1) is 11.0 Å². The molecular weight excluding hydrogens is 394 g/mol. The molecular formula is C28H51N3O. The number of nitroso groups, excluding NO2 is 1. The lowest BCUT2D eigenvalue weighted by Crippen LogP contribution is -2.04. The molecule has 0 radical (unpaired) electrons. The van der Waals surface area contributed by atoms with Gasteiger partial charge in [-0.1, -0.05) is 96.5 Å². The standard InChI is InChI=1S/C28H51N3O/c1-4-5-6-7-8-12-15-18-21-27-25(3)28(30-31-32)24(2)23-26(27)20-17-14-11-9-10-13-16-19-22-29/h23H,4-22,29H2,1-3H3,(H,30,32). The Labute approximate surface area is 198 Å². The summed E-state index contributed by atoms with van der Waals surface area (Å²) in [5.41, 5.74) is 14.5. The van der Waals surface area contributed by atoms with Crippen LogP contribution < -0.4 is 11.2 Å². The van der Waals surface area contributed by atoms with Gasteiger partial charge in [0.25, 0.3) is 0 Å². The average molecular weight is 446 g/mol. The summed E-state index contributed by atoms with van der Waals surface area (Å²) in [5.74, 6) is 0. The van der Waals surface area contributed by atoms with Crippen LogP contribution in [-0.2, 0) is 12.8 Å². The predicted molar refractivity (Wildman–Crippen MR) is 141 cm³/mol. The molecule has 0 amide bonds. The maximum Gasteiger partial charge on any atom is 0.0655 e. The van der Waals surface area contributed by atoms with Crippen molar-refractivity contribution in [2.45, 2.75) is 136 Å². The fraction of sp³-hybridized carbons (Fsp3) is 0.786. The van der Waals surface area contributed by atoms with Crippen molar-refractivity contribution < 1.29 is 0 Å². The Balaban J connectivity index is 2.52. The summed E-state index contributed by atoms with van der Waals surface area (Å²) < 4.78 is 0. The van der Waals surface area contributed by atoms with Crippen LogP contribution >= 0.6 is 0 Å². The van der Waals surface area contributed by atoms with Crippen molar-refractivity contribution >= 4 is 5.69 Å². The van der Waals surface area contributed by atoms with Gasteiger partial charge in [-0.2, -0.15) is 0 Å². The van der Waals surface area contributed by atoms with Gasteiger partial charge in [0.1, 0.15) is 0 Å². The fourth-order valence-corrected chi connectivity index (χ4v) is 4.85. The Morgan fingerprint density at radius 2 is 1.25 bits per heavy atom. The first-order chi connectivity index (χ1) is 15.7. The molecule has 0 saturated heterocycles. The first-order valence-electron chi connectivity index (χ1n) is 13.6. The highest BCUT2D eigenvalue weighted by molar-refractivity contribution is 5.61. The zero-order valence-corrected chi connectivity index (χ0v) is 21.4. The lowest BCUT2D eigenvalue weighted by molar-refractivity contribution is 0.567. The third-order valence-corrected chi connectivity index (χ3v) is 6.84. The van der Waals surface area contributed by atoms with Crippen LogP contribution in [0.2, 0.25) is 0 Å². The number of aryl methyl sites for hydroxylation is 2. The van der Waals surface area contributed by atoms with Crippen molar-refractivity contribution in [3.05, 3.63) is 33.2 Å². The third kappa shape index (κ3) is 12.0. The zero-order chi connectivity index (χ0) is 23.4. The Bertz CT molecular complexity index is 615. The highest BCUT2D eigenvalue weighted by Crippen LogP contribution is 2.30. The molecule has 0 unspecified atom stereocenters. The molecule has 184 valence electrons. The summed E-state index contributed by atoms with van der Waals surface area (Å²) in [4.78, 5) is 10.9. The van der Waals surface area contributed by atoms with Gasteiger partial charge in [-0.3, -0.25) is 0 Å². The molecule has 1 rings (SSSR count). The average Bonchev–Trinajstić information content (AvgIpc) is 2.78. The Kier molecular flexibility index (Phi) is 17.1. The van der Waals surface area contributed by atoms with E-state index in [1.54, 1.807) is 0 Å². The van der Waals surface area contributed by atoms with Crippen LogP contribution in [0, 0.1) is 18.8 Å². The third-order valence-electron chi connectivity index (χ3n) is 6.84. The minimum atomic E-state index is 0.831. The molecule has 0 fully saturated rings. The van der Waals surface area contributed by atoms with Gasteiger partial charge in [0, 0.05) is 0 Å². The largest absolute Gasteiger partial charge is 0.330 e. The summed E-state index contributed by atoms with van der Waals surface area (Å²) in [7, 11) is 0. The van der Waals surface area contributed by atoms with Crippen LogP contribution in [0.5, 0.6) is 0 Å². The number of benzene rings is 1. The van der Waals surface area contributed by atoms with Gasteiger partial charge < -0.3 is 5.73 Å². The van der Waals surface area contributed by atoms with Crippen LogP contribution in [0.15, 0.2) is 11.4 Å². The van der Waals surface area contributed by atoms with Crippen molar-refractivity contribution in [2.24, 2.45) is 11.0 Å². The van der Waals surface area contributed by atoms with E-state index in [0.29, 0.717) is 0 Å². The van der Waals surface area contributed by atoms with E-state index >= 15 is 0 Å². The quantitative estimate of drug-likeness (QED) is 0.113. The van der Waals surface area contributed by atoms with Crippen molar-refractivity contribution in [1.29, 1.82) is 0 Å². The van der Waals surface area contributed by atoms with Crippen molar-refractivity contribution in [1.82, 2.24) is 0 Å². The van der Waals surface area contributed by atoms with E-state index in [4.69, 9.17) is 5.73 Å². The second-order valence-corrected chi connectivity index (χ2v) is 9.63. The number of nitrogens with two attached hydrogens (primary N) is 1. The van der Waals surface area contributed by atoms with Crippen LogP contribution in [-0.4, -0.2) is 6.54 Å². The highest BCUT2D eigenvalue weighted by atomic mass is 16.3. The number of hydrogen-bond donors (Lipinski definition) is 2. The Morgan fingerprint density at radius 3 is 1.78 bits per heavy atom. The minimum absolute atomic E-state index is 0.831. The first kappa shape index (κ1) is 28.6. The lowest BCUT2D eigenvalue weighted by Gasteiger charge is -2.18. The molecule has 4 heteroatoms. The molecule has 1 aromatic carbocycles. The molecule has 0 spiro atoms. The highest BCUT2D eigenvalue weighted by Gasteiger charge is 2.13. The second-order valence-electron chi connectivity index (χ2n) is 9.63. The van der Waals surface area contributed by atoms with Gasteiger partial charge >= 0.3 is 0 Å². The molecule has 1 aromatic rings. The van der Waals surface area contributed by atoms with Crippen LogP contribution in [0.3, 0.4) is 0 Å². The fourth-order valence-electron chi connectivity index (χ4n) is 4.85. The van der Waals surface area contributed by atoms with E-state index in [-0.39, 0.29) is 0 Å². The summed E-state index contributed by atoms with van der Waals surface area (Å²) >= 11 is 0. The molecule has 32 heavy (non-hydrogen) atoms. The van der Waals surface area contributed by atoms with E-state index in [1.807, 2.05) is 0 Å². The number of nitrogens with one attached hydrogen (secondary N) is 1. The maximum absolute atomic E-state index is 10.9. The predicted octanol–water partition coefficient (Wildman–Crippen LogP) is 8.70. The lowest BCUT2D eigenvalue weighted by atomic mass is 9.90. The van der Waals surface area contributed by atoms with Gasteiger partial charge in [0.2, 0.25) is 0 Å². The molecule has 0 aliphatic carbocycles. The molecule has 0 atom stereocenters. The van der Waals surface area contributed by atoms with Crippen LogP contribution in [0.1, 0.15) is 132 Å². The van der Waals surface area contributed by atoms with E-state index < -0.39 is 0 Å². The smallest absolute Gasteiger partial charge is 0.0655 e. The van der Waals surface area contributed by atoms with E-state index in [2.05, 4.69) is 37.5 Å². The van der Waals surface area contributed by atoms with Crippen molar-refractivity contribution in [2.75, 3.05) is 12.0 Å². The zero-order valence-electron chi connectivity index (χ0n) is 21.4. The van der Waals surface area contributed by atoms with E-state index in [0.717, 1.165) is 30.6 Å². The monoisotopic (exact) mass is 445 g/mol. The van der Waals surface area contributed by atoms with Gasteiger partial charge in [-0.15, -0.1) is 4.91 Å². The topological polar surface area (TPSA) is 67.5 Å². The number of hydrogen-bond acceptors (Lipinski definition) is 3. The molecule has 0 aromatic heterocycles. The molecule has 4 nitrogen and oxygen atoms in total. The number of rotatable bonds is 21. The van der Waals surface area contributed by atoms with E-state index in [1.165, 1.54) is 119 Å². The van der Waals surface area contributed by atoms with Gasteiger partial charge in [-0.05, 0) is 74.8 Å². The summed E-state index contributed by atoms with van der Waals surface area (Å²) in [6, 6.07) is 2.30. The minimum Gasteiger partial charge on any atom is -0.330 e. The second kappa shape index (κ2) is 19.1. The van der Waals surface area contributed by atoms with Crippen LogP contribution in [0.25, 0.3) is 0 Å². The Hall–Kier alpha value is -1.42. The van der Waals surface area contributed by atoms with Gasteiger partial charge in [0.15, 0.2) is 0 Å². The molecule has 0 aliphatic heterocycles. The maximum atomic E-state index is 10.9. The molecule has 3 N–H and O–H groups in total. The van der Waals surface area contributed by atoms with E-state index in [9.17, 15) is 4.91 Å². The Morgan fingerprint density at radius 1 is 0.750 bits per heavy atom. The van der Waals surface area contributed by atoms with Crippen LogP contribution in [0.4, 0.5) is 5.69 Å². The number of anilines is 1. The normalized spacial score (nSPS) is 11.1. The number of unbranched alkanes of at least 4 members (excludes halogenated alkanes) is 14.